The molecule has 0 heterocycles. The summed E-state index contributed by atoms with van der Waals surface area (Å²) in [6.07, 6.45) is 5.01. The Morgan fingerprint density at radius 3 is 2.46 bits per heavy atom. The van der Waals surface area contributed by atoms with E-state index in [1.54, 1.807) is 0 Å². The van der Waals surface area contributed by atoms with Crippen LogP contribution in [-0.4, -0.2) is 11.9 Å². The molecule has 0 spiro atoms. The summed E-state index contributed by atoms with van der Waals surface area (Å²) in [5.74, 6) is 0.0472. The third-order valence-corrected chi connectivity index (χ3v) is 4.93. The molecule has 2 aromatic carbocycles. The molecule has 0 aliphatic heterocycles. The van der Waals surface area contributed by atoms with Gasteiger partial charge in [0.2, 0.25) is 0 Å². The maximum atomic E-state index is 12.4. The monoisotopic (exact) mass is 323 g/mol. The van der Waals surface area contributed by atoms with Crippen LogP contribution < -0.4 is 10.6 Å². The average Bonchev–Trinajstić information content (AvgIpc) is 2.62. The van der Waals surface area contributed by atoms with Gasteiger partial charge in [-0.3, -0.25) is 4.79 Å². The fraction of sp³-hybridized carbons (Fsp3) is 0.381. The van der Waals surface area contributed by atoms with Gasteiger partial charge in [-0.25, -0.2) is 0 Å². The average molecular weight is 323 g/mol. The molecular weight excluding hydrogens is 296 g/mol. The predicted octanol–water partition coefficient (Wildman–Crippen LogP) is 3.22. The van der Waals surface area contributed by atoms with Gasteiger partial charge in [0.15, 0.2) is 6.04 Å². The first-order valence-corrected chi connectivity index (χ1v) is 8.96. The molecule has 1 aliphatic rings. The van der Waals surface area contributed by atoms with Gasteiger partial charge in [0.05, 0.1) is 0 Å². The Bertz CT molecular complexity index is 696. The number of amides is 1. The minimum absolute atomic E-state index is 0.0472. The maximum absolute atomic E-state index is 12.4. The number of para-hydroxylation sites is 1. The maximum Gasteiger partial charge on any atom is 0.282 e. The van der Waals surface area contributed by atoms with Crippen LogP contribution >= 0.6 is 0 Å². The van der Waals surface area contributed by atoms with E-state index in [0.717, 1.165) is 5.69 Å². The van der Waals surface area contributed by atoms with Crippen LogP contribution in [0.4, 0.5) is 5.69 Å². The molecule has 3 rings (SSSR count). The van der Waals surface area contributed by atoms with Crippen LogP contribution in [0, 0.1) is 0 Å². The van der Waals surface area contributed by atoms with Gasteiger partial charge in [0, 0.05) is 11.3 Å². The standard InChI is InChI=1S/C21H26N2O/c1-15(18-13-12-17-8-6-7-9-19(17)14-18)22-16(2)21(24)23-20-10-4-3-5-11-20/h3-5,10-16,22H,6-9H2,1-2H3,(H,23,24)/p+1/t15-,16+/m1/s1. The summed E-state index contributed by atoms with van der Waals surface area (Å²) < 4.78 is 0. The summed E-state index contributed by atoms with van der Waals surface area (Å²) in [4.78, 5) is 12.4. The lowest BCUT2D eigenvalue weighted by Crippen LogP contribution is -2.91. The first-order chi connectivity index (χ1) is 11.6. The van der Waals surface area contributed by atoms with Gasteiger partial charge in [-0.2, -0.15) is 0 Å². The van der Waals surface area contributed by atoms with Crippen LogP contribution in [0.3, 0.4) is 0 Å². The smallest absolute Gasteiger partial charge is 0.282 e. The molecule has 0 saturated heterocycles. The number of nitrogens with two attached hydrogens (primary N) is 1. The van der Waals surface area contributed by atoms with Gasteiger partial charge in [0.1, 0.15) is 6.04 Å². The molecule has 24 heavy (non-hydrogen) atoms. The number of aryl methyl sites for hydroxylation is 2. The molecule has 2 atom stereocenters. The lowest BCUT2D eigenvalue weighted by Gasteiger charge is -2.20. The summed E-state index contributed by atoms with van der Waals surface area (Å²) >= 11 is 0. The van der Waals surface area contributed by atoms with Gasteiger partial charge < -0.3 is 10.6 Å². The first-order valence-electron chi connectivity index (χ1n) is 8.96. The highest BCUT2D eigenvalue weighted by Gasteiger charge is 2.21. The molecule has 0 radical (unpaired) electrons. The Morgan fingerprint density at radius 2 is 1.71 bits per heavy atom. The highest BCUT2D eigenvalue weighted by Crippen LogP contribution is 2.23. The lowest BCUT2D eigenvalue weighted by molar-refractivity contribution is -0.709. The quantitative estimate of drug-likeness (QED) is 0.872. The molecule has 0 fully saturated rings. The molecule has 1 amide bonds. The van der Waals surface area contributed by atoms with Crippen molar-refractivity contribution in [2.75, 3.05) is 5.32 Å². The molecule has 0 saturated carbocycles. The van der Waals surface area contributed by atoms with Crippen LogP contribution in [0.2, 0.25) is 0 Å². The van der Waals surface area contributed by atoms with E-state index in [0.29, 0.717) is 0 Å². The van der Waals surface area contributed by atoms with Crippen molar-refractivity contribution in [2.24, 2.45) is 0 Å². The second kappa shape index (κ2) is 7.63. The number of quaternary nitrogens is 1. The Kier molecular flexibility index (Phi) is 5.31. The van der Waals surface area contributed by atoms with E-state index >= 15 is 0 Å². The third kappa shape index (κ3) is 4.04. The Morgan fingerprint density at radius 1 is 1.00 bits per heavy atom. The second-order valence-electron chi connectivity index (χ2n) is 6.86. The third-order valence-electron chi connectivity index (χ3n) is 4.93. The molecule has 2 aromatic rings. The van der Waals surface area contributed by atoms with Crippen LogP contribution in [0.15, 0.2) is 48.5 Å². The number of carbonyl (C=O) groups is 1. The fourth-order valence-corrected chi connectivity index (χ4v) is 3.45. The van der Waals surface area contributed by atoms with Gasteiger partial charge in [-0.05, 0) is 68.9 Å². The van der Waals surface area contributed by atoms with Gasteiger partial charge in [0.25, 0.3) is 5.91 Å². The number of fused-ring (bicyclic) bond motifs is 1. The summed E-state index contributed by atoms with van der Waals surface area (Å²) in [6.45, 7) is 4.14. The van der Waals surface area contributed by atoms with Crippen molar-refractivity contribution in [3.05, 3.63) is 65.2 Å². The van der Waals surface area contributed by atoms with Crippen molar-refractivity contribution in [1.29, 1.82) is 0 Å². The zero-order chi connectivity index (χ0) is 16.9. The Balaban J connectivity index is 1.61. The molecule has 1 aliphatic carbocycles. The summed E-state index contributed by atoms with van der Waals surface area (Å²) in [5.41, 5.74) is 5.17. The number of hydrogen-bond acceptors (Lipinski definition) is 1. The largest absolute Gasteiger partial charge is 0.330 e. The summed E-state index contributed by atoms with van der Waals surface area (Å²) in [5, 5.41) is 5.12. The molecule has 0 unspecified atom stereocenters. The Hall–Kier alpha value is -2.13. The summed E-state index contributed by atoms with van der Waals surface area (Å²) in [6, 6.07) is 16.6. The van der Waals surface area contributed by atoms with Crippen LogP contribution in [0.5, 0.6) is 0 Å². The number of rotatable bonds is 5. The van der Waals surface area contributed by atoms with Gasteiger partial charge in [-0.15, -0.1) is 0 Å². The molecule has 3 heteroatoms. The highest BCUT2D eigenvalue weighted by atomic mass is 16.2. The minimum atomic E-state index is -0.128. The molecule has 0 bridgehead atoms. The second-order valence-corrected chi connectivity index (χ2v) is 6.86. The SMILES string of the molecule is C[C@H]([NH2+][C@H](C)c1ccc2c(c1)CCCC2)C(=O)Nc1ccccc1. The normalized spacial score (nSPS) is 16.1. The zero-order valence-corrected chi connectivity index (χ0v) is 14.6. The van der Waals surface area contributed by atoms with Crippen LogP contribution in [0.25, 0.3) is 0 Å². The van der Waals surface area contributed by atoms with Crippen molar-refractivity contribution < 1.29 is 10.1 Å². The fourth-order valence-electron chi connectivity index (χ4n) is 3.45. The van der Waals surface area contributed by atoms with Crippen LogP contribution in [0.1, 0.15) is 49.4 Å². The highest BCUT2D eigenvalue weighted by molar-refractivity contribution is 5.93. The predicted molar refractivity (Wildman–Crippen MR) is 98.0 cm³/mol. The number of hydrogen-bond donors (Lipinski definition) is 2. The van der Waals surface area contributed by atoms with Crippen molar-refractivity contribution in [1.82, 2.24) is 0 Å². The Labute approximate surface area is 144 Å². The van der Waals surface area contributed by atoms with E-state index in [4.69, 9.17) is 0 Å². The molecule has 0 aromatic heterocycles. The van der Waals surface area contributed by atoms with Crippen LogP contribution in [-0.2, 0) is 17.6 Å². The molecule has 126 valence electrons. The van der Waals surface area contributed by atoms with Crippen molar-refractivity contribution in [3.63, 3.8) is 0 Å². The van der Waals surface area contributed by atoms with Crippen molar-refractivity contribution in [2.45, 2.75) is 51.6 Å². The van der Waals surface area contributed by atoms with Crippen molar-refractivity contribution >= 4 is 11.6 Å². The van der Waals surface area contributed by atoms with Gasteiger partial charge in [-0.1, -0.05) is 30.3 Å². The minimum Gasteiger partial charge on any atom is -0.330 e. The van der Waals surface area contributed by atoms with E-state index in [1.165, 1.54) is 42.4 Å². The molecule has 3 N–H and O–H groups in total. The zero-order valence-electron chi connectivity index (χ0n) is 14.6. The lowest BCUT2D eigenvalue weighted by atomic mass is 9.89. The van der Waals surface area contributed by atoms with E-state index in [9.17, 15) is 4.79 Å². The number of carbonyl (C=O) groups excluding carboxylic acids is 1. The van der Waals surface area contributed by atoms with E-state index in [-0.39, 0.29) is 18.0 Å². The van der Waals surface area contributed by atoms with Crippen molar-refractivity contribution in [3.8, 4) is 0 Å². The topological polar surface area (TPSA) is 45.7 Å². The summed E-state index contributed by atoms with van der Waals surface area (Å²) in [7, 11) is 0. The van der Waals surface area contributed by atoms with E-state index < -0.39 is 0 Å². The first kappa shape index (κ1) is 16.7. The number of nitrogens with one attached hydrogen (secondary N) is 1. The number of benzene rings is 2. The molecular formula is C21H27N2O+. The van der Waals surface area contributed by atoms with E-state index in [1.807, 2.05) is 37.3 Å². The van der Waals surface area contributed by atoms with Gasteiger partial charge >= 0.3 is 0 Å². The molecule has 3 nitrogen and oxygen atoms in total. The number of anilines is 1. The van der Waals surface area contributed by atoms with E-state index in [2.05, 4.69) is 35.8 Å².